The number of rotatable bonds is 18. The molecule has 0 aliphatic carbocycles. The maximum Gasteiger partial charge on any atom is 0.119 e. The minimum absolute atomic E-state index is 0.220. The van der Waals surface area contributed by atoms with Crippen LogP contribution in [0.2, 0.25) is 0 Å². The van der Waals surface area contributed by atoms with Gasteiger partial charge in [-0.2, -0.15) is 0 Å². The molecule has 0 heterocycles. The lowest BCUT2D eigenvalue weighted by atomic mass is 9.72. The fraction of sp³-hybridized carbons (Fsp3) is 0.636. The molecule has 0 saturated carbocycles. The Labute approximate surface area is 211 Å². The second-order valence-electron chi connectivity index (χ2n) is 10.9. The predicted molar refractivity (Wildman–Crippen MR) is 150 cm³/mol. The smallest absolute Gasteiger partial charge is 0.119 e. The summed E-state index contributed by atoms with van der Waals surface area (Å²) in [5, 5.41) is 11.1. The highest BCUT2D eigenvalue weighted by atomic mass is 16.3. The molecule has 1 nitrogen and oxygen atoms in total. The number of phenols is 1. The van der Waals surface area contributed by atoms with Gasteiger partial charge in [-0.25, -0.2) is 0 Å². The van der Waals surface area contributed by atoms with E-state index in [4.69, 9.17) is 0 Å². The third-order valence-electron chi connectivity index (χ3n) is 7.70. The molecule has 2 aromatic carbocycles. The van der Waals surface area contributed by atoms with E-state index in [1.165, 1.54) is 107 Å². The van der Waals surface area contributed by atoms with Crippen LogP contribution in [0.25, 0.3) is 0 Å². The van der Waals surface area contributed by atoms with Crippen LogP contribution in [0.4, 0.5) is 0 Å². The summed E-state index contributed by atoms with van der Waals surface area (Å²) in [7, 11) is 0. The maximum absolute atomic E-state index is 11.1. The molecule has 0 aliphatic heterocycles. The van der Waals surface area contributed by atoms with Gasteiger partial charge in [-0.05, 0) is 36.0 Å². The van der Waals surface area contributed by atoms with E-state index in [0.29, 0.717) is 11.7 Å². The fourth-order valence-corrected chi connectivity index (χ4v) is 5.55. The molecule has 1 atom stereocenters. The molecule has 0 aromatic heterocycles. The number of phenolic OH excluding ortho intramolecular Hbond substituents is 1. The van der Waals surface area contributed by atoms with Gasteiger partial charge in [0.15, 0.2) is 0 Å². The molecule has 0 amide bonds. The summed E-state index contributed by atoms with van der Waals surface area (Å²) in [6, 6.07) is 17.0. The van der Waals surface area contributed by atoms with Crippen molar-refractivity contribution < 1.29 is 5.11 Å². The molecule has 190 valence electrons. The maximum atomic E-state index is 11.1. The van der Waals surface area contributed by atoms with Gasteiger partial charge in [-0.15, -0.1) is 0 Å². The van der Waals surface area contributed by atoms with Crippen molar-refractivity contribution in [1.82, 2.24) is 0 Å². The molecule has 1 heteroatoms. The van der Waals surface area contributed by atoms with E-state index < -0.39 is 0 Å². The Morgan fingerprint density at radius 2 is 1.12 bits per heavy atom. The first kappa shape index (κ1) is 28.5. The van der Waals surface area contributed by atoms with Gasteiger partial charge in [0.05, 0.1) is 0 Å². The zero-order valence-corrected chi connectivity index (χ0v) is 22.7. The zero-order valence-electron chi connectivity index (χ0n) is 22.7. The first-order valence-electron chi connectivity index (χ1n) is 14.4. The van der Waals surface area contributed by atoms with E-state index in [0.717, 1.165) is 5.56 Å². The van der Waals surface area contributed by atoms with Gasteiger partial charge in [0, 0.05) is 11.0 Å². The molecule has 2 aromatic rings. The highest BCUT2D eigenvalue weighted by Crippen LogP contribution is 2.43. The van der Waals surface area contributed by atoms with Crippen molar-refractivity contribution >= 4 is 0 Å². The summed E-state index contributed by atoms with van der Waals surface area (Å²) >= 11 is 0. The Bertz CT molecular complexity index is 776. The molecule has 1 N–H and O–H groups in total. The van der Waals surface area contributed by atoms with E-state index in [2.05, 4.69) is 70.2 Å². The molecule has 0 spiro atoms. The van der Waals surface area contributed by atoms with Crippen molar-refractivity contribution in [2.75, 3.05) is 0 Å². The highest BCUT2D eigenvalue weighted by Gasteiger charge is 2.31. The third-order valence-corrected chi connectivity index (χ3v) is 7.70. The van der Waals surface area contributed by atoms with E-state index in [1.54, 1.807) is 0 Å². The zero-order chi connectivity index (χ0) is 24.7. The van der Waals surface area contributed by atoms with Crippen LogP contribution in [-0.2, 0) is 5.41 Å². The average molecular weight is 465 g/mol. The van der Waals surface area contributed by atoms with Crippen LogP contribution >= 0.6 is 0 Å². The van der Waals surface area contributed by atoms with Gasteiger partial charge in [-0.3, -0.25) is 0 Å². The van der Waals surface area contributed by atoms with Crippen molar-refractivity contribution in [2.45, 2.75) is 135 Å². The van der Waals surface area contributed by atoms with Crippen molar-refractivity contribution in [3.8, 4) is 5.75 Å². The highest BCUT2D eigenvalue weighted by molar-refractivity contribution is 5.51. The molecule has 0 aliphatic rings. The number of unbranched alkanes of at least 4 members (excludes halogenated alkanes) is 11. The average Bonchev–Trinajstić information content (AvgIpc) is 2.84. The molecule has 0 saturated heterocycles. The van der Waals surface area contributed by atoms with Gasteiger partial charge >= 0.3 is 0 Å². The van der Waals surface area contributed by atoms with E-state index >= 15 is 0 Å². The first-order valence-corrected chi connectivity index (χ1v) is 14.4. The summed E-state index contributed by atoms with van der Waals surface area (Å²) in [6.45, 7) is 9.12. The summed E-state index contributed by atoms with van der Waals surface area (Å²) in [5.74, 6) is 0.989. The largest absolute Gasteiger partial charge is 0.508 e. The van der Waals surface area contributed by atoms with Crippen LogP contribution in [0, 0.1) is 0 Å². The standard InChI is InChI=1S/C33H52O/c1-5-7-9-11-12-13-14-15-18-23-28(22-17-10-8-6-2)30-26-21-27-31(34)32(30)33(3,4)29-24-19-16-20-25-29/h16,19-21,24-28,34H,5-15,17-18,22-23H2,1-4H3. The topological polar surface area (TPSA) is 20.2 Å². The molecule has 2 rings (SSSR count). The van der Waals surface area contributed by atoms with Crippen molar-refractivity contribution in [2.24, 2.45) is 0 Å². The lowest BCUT2D eigenvalue weighted by molar-refractivity contribution is 0.439. The SMILES string of the molecule is CCCCCCCCCCCC(CCCCCC)c1cccc(O)c1C(C)(C)c1ccccc1. The summed E-state index contributed by atoms with van der Waals surface area (Å²) in [6.07, 6.45) is 20.0. The summed E-state index contributed by atoms with van der Waals surface area (Å²) < 4.78 is 0. The number of aromatic hydroxyl groups is 1. The molecule has 0 radical (unpaired) electrons. The Hall–Kier alpha value is -1.76. The number of hydrogen-bond donors (Lipinski definition) is 1. The monoisotopic (exact) mass is 464 g/mol. The lowest BCUT2D eigenvalue weighted by Gasteiger charge is -2.32. The molecular weight excluding hydrogens is 412 g/mol. The third kappa shape index (κ3) is 9.12. The van der Waals surface area contributed by atoms with Crippen molar-refractivity contribution in [3.63, 3.8) is 0 Å². The molecule has 34 heavy (non-hydrogen) atoms. The second kappa shape index (κ2) is 16.0. The predicted octanol–water partition coefficient (Wildman–Crippen LogP) is 10.7. The van der Waals surface area contributed by atoms with Crippen LogP contribution in [0.3, 0.4) is 0 Å². The van der Waals surface area contributed by atoms with Gasteiger partial charge in [-0.1, -0.05) is 154 Å². The Morgan fingerprint density at radius 1 is 0.618 bits per heavy atom. The van der Waals surface area contributed by atoms with Gasteiger partial charge in [0.2, 0.25) is 0 Å². The number of hydrogen-bond acceptors (Lipinski definition) is 1. The minimum Gasteiger partial charge on any atom is -0.508 e. The fourth-order valence-electron chi connectivity index (χ4n) is 5.55. The van der Waals surface area contributed by atoms with Gasteiger partial charge in [0.25, 0.3) is 0 Å². The van der Waals surface area contributed by atoms with E-state index in [-0.39, 0.29) is 5.41 Å². The Kier molecular flexibility index (Phi) is 13.4. The minimum atomic E-state index is -0.220. The molecular formula is C33H52O. The van der Waals surface area contributed by atoms with Crippen LogP contribution in [0.15, 0.2) is 48.5 Å². The lowest BCUT2D eigenvalue weighted by Crippen LogP contribution is -2.22. The van der Waals surface area contributed by atoms with Crippen LogP contribution in [0.1, 0.15) is 147 Å². The van der Waals surface area contributed by atoms with Gasteiger partial charge < -0.3 is 5.11 Å². The first-order chi connectivity index (χ1) is 16.5. The van der Waals surface area contributed by atoms with E-state index in [9.17, 15) is 5.11 Å². The van der Waals surface area contributed by atoms with Crippen LogP contribution in [-0.4, -0.2) is 5.11 Å². The Morgan fingerprint density at radius 3 is 1.68 bits per heavy atom. The molecule has 0 bridgehead atoms. The summed E-state index contributed by atoms with van der Waals surface area (Å²) in [5.41, 5.74) is 3.57. The quantitative estimate of drug-likeness (QED) is 0.217. The van der Waals surface area contributed by atoms with Crippen LogP contribution < -0.4 is 0 Å². The van der Waals surface area contributed by atoms with Crippen molar-refractivity contribution in [3.05, 3.63) is 65.2 Å². The molecule has 1 unspecified atom stereocenters. The van der Waals surface area contributed by atoms with Gasteiger partial charge in [0.1, 0.15) is 5.75 Å². The molecule has 0 fully saturated rings. The normalized spacial score (nSPS) is 12.7. The van der Waals surface area contributed by atoms with Crippen LogP contribution in [0.5, 0.6) is 5.75 Å². The second-order valence-corrected chi connectivity index (χ2v) is 10.9. The Balaban J connectivity index is 2.10. The summed E-state index contributed by atoms with van der Waals surface area (Å²) in [4.78, 5) is 0. The van der Waals surface area contributed by atoms with E-state index in [1.807, 2.05) is 6.07 Å². The number of benzene rings is 2. The van der Waals surface area contributed by atoms with Crippen molar-refractivity contribution in [1.29, 1.82) is 0 Å².